The molecule has 0 atom stereocenters. The summed E-state index contributed by atoms with van der Waals surface area (Å²) in [6.07, 6.45) is -5.94. The van der Waals surface area contributed by atoms with Crippen molar-refractivity contribution in [3.63, 3.8) is 0 Å². The van der Waals surface area contributed by atoms with Gasteiger partial charge in [0.15, 0.2) is 0 Å². The Morgan fingerprint density at radius 3 is 2.50 bits per heavy atom. The number of benzene rings is 1. The molecule has 0 saturated heterocycles. The van der Waals surface area contributed by atoms with Crippen LogP contribution in [0.3, 0.4) is 0 Å². The van der Waals surface area contributed by atoms with Gasteiger partial charge in [-0.3, -0.25) is 4.79 Å². The van der Waals surface area contributed by atoms with Gasteiger partial charge in [0, 0.05) is 16.5 Å². The van der Waals surface area contributed by atoms with Crippen molar-refractivity contribution in [3.05, 3.63) is 27.3 Å². The third-order valence-electron chi connectivity index (χ3n) is 2.79. The van der Waals surface area contributed by atoms with E-state index in [-0.39, 0.29) is 10.5 Å². The summed E-state index contributed by atoms with van der Waals surface area (Å²) in [5.41, 5.74) is 0.0175. The van der Waals surface area contributed by atoms with Gasteiger partial charge in [0.25, 0.3) is 15.9 Å². The molecule has 0 unspecified atom stereocenters. The Kier molecular flexibility index (Phi) is 4.02. The van der Waals surface area contributed by atoms with Crippen LogP contribution in [0.4, 0.5) is 13.2 Å². The van der Waals surface area contributed by atoms with E-state index in [0.717, 1.165) is 0 Å². The number of carbonyl (C=O) groups excluding carboxylic acids is 1. The lowest BCUT2D eigenvalue weighted by Crippen LogP contribution is -2.31. The van der Waals surface area contributed by atoms with Gasteiger partial charge in [0.2, 0.25) is 0 Å². The van der Waals surface area contributed by atoms with Gasteiger partial charge in [-0.25, -0.2) is 12.7 Å². The largest absolute Gasteiger partial charge is 0.389 e. The van der Waals surface area contributed by atoms with E-state index in [9.17, 15) is 26.4 Å². The fourth-order valence-corrected chi connectivity index (χ4v) is 3.98. The van der Waals surface area contributed by atoms with Crippen molar-refractivity contribution in [2.75, 3.05) is 6.54 Å². The van der Waals surface area contributed by atoms with Gasteiger partial charge in [-0.2, -0.15) is 13.2 Å². The summed E-state index contributed by atoms with van der Waals surface area (Å²) in [6.45, 7) is -0.466. The average Bonchev–Trinajstić information content (AvgIpc) is 2.48. The summed E-state index contributed by atoms with van der Waals surface area (Å²) in [7, 11) is -4.02. The van der Waals surface area contributed by atoms with Crippen molar-refractivity contribution < 1.29 is 26.4 Å². The number of amides is 1. The lowest BCUT2D eigenvalue weighted by molar-refractivity contribution is -0.135. The Labute approximate surface area is 127 Å². The van der Waals surface area contributed by atoms with E-state index < -0.39 is 41.5 Å². The predicted molar refractivity (Wildman–Crippen MR) is 72.7 cm³/mol. The normalized spacial score (nSPS) is 17.4. The number of fused-ring (bicyclic) bond motifs is 1. The summed E-state index contributed by atoms with van der Waals surface area (Å²) in [4.78, 5) is 11.8. The molecule has 4 nitrogen and oxygen atoms in total. The van der Waals surface area contributed by atoms with Crippen LogP contribution in [0.5, 0.6) is 0 Å². The Balaban J connectivity index is 2.24. The highest BCUT2D eigenvalue weighted by Crippen LogP contribution is 2.32. The Morgan fingerprint density at radius 1 is 1.25 bits per heavy atom. The van der Waals surface area contributed by atoms with Gasteiger partial charge in [-0.05, 0) is 47.2 Å². The summed E-state index contributed by atoms with van der Waals surface area (Å²) in [5, 5.41) is 0. The molecule has 2 rings (SSSR count). The smallest absolute Gasteiger partial charge is 0.268 e. The number of nitrogens with zero attached hydrogens (tertiary/aromatic N) is 1. The quantitative estimate of drug-likeness (QED) is 0.709. The number of hydrogen-bond donors (Lipinski definition) is 0. The fourth-order valence-electron chi connectivity index (χ4n) is 1.90. The van der Waals surface area contributed by atoms with E-state index >= 15 is 0 Å². The summed E-state index contributed by atoms with van der Waals surface area (Å²) in [6, 6.07) is 4.25. The molecule has 0 fully saturated rings. The predicted octanol–water partition coefficient (Wildman–Crippen LogP) is 2.78. The number of rotatable bonds is 3. The molecule has 0 saturated carbocycles. The summed E-state index contributed by atoms with van der Waals surface area (Å²) >= 11 is 1.93. The first kappa shape index (κ1) is 15.5. The molecule has 0 aromatic heterocycles. The molecule has 110 valence electrons. The molecule has 0 aliphatic carbocycles. The van der Waals surface area contributed by atoms with Crippen LogP contribution in [0.25, 0.3) is 0 Å². The monoisotopic (exact) mass is 419 g/mol. The molecule has 1 aliphatic heterocycles. The molecule has 1 amide bonds. The molecule has 1 aliphatic rings. The van der Waals surface area contributed by atoms with Gasteiger partial charge in [-0.1, -0.05) is 0 Å². The number of halogens is 4. The number of sulfonamides is 1. The molecular weight excluding hydrogens is 410 g/mol. The highest BCUT2D eigenvalue weighted by Gasteiger charge is 2.41. The zero-order valence-corrected chi connectivity index (χ0v) is 12.9. The topological polar surface area (TPSA) is 54.5 Å². The lowest BCUT2D eigenvalue weighted by Gasteiger charge is -2.15. The minimum Gasteiger partial charge on any atom is -0.268 e. The third kappa shape index (κ3) is 2.92. The van der Waals surface area contributed by atoms with Gasteiger partial charge in [-0.15, -0.1) is 0 Å². The molecule has 20 heavy (non-hydrogen) atoms. The second kappa shape index (κ2) is 5.17. The molecule has 0 N–H and O–H groups in total. The van der Waals surface area contributed by atoms with Crippen LogP contribution in [-0.4, -0.2) is 31.4 Å². The fraction of sp³-hybridized carbons (Fsp3) is 0.364. The Bertz CT molecular complexity index is 657. The minimum absolute atomic E-state index is 0.0175. The maximum absolute atomic E-state index is 12.1. The van der Waals surface area contributed by atoms with Crippen LogP contribution < -0.4 is 0 Å². The van der Waals surface area contributed by atoms with Crippen molar-refractivity contribution >= 4 is 38.5 Å². The minimum atomic E-state index is -4.37. The summed E-state index contributed by atoms with van der Waals surface area (Å²) < 4.78 is 61.6. The highest BCUT2D eigenvalue weighted by molar-refractivity contribution is 14.1. The number of alkyl halides is 3. The van der Waals surface area contributed by atoms with Crippen molar-refractivity contribution in [3.8, 4) is 0 Å². The van der Waals surface area contributed by atoms with Crippen LogP contribution in [0.2, 0.25) is 0 Å². The maximum Gasteiger partial charge on any atom is 0.389 e. The molecule has 0 spiro atoms. The Hall–Kier alpha value is -0.840. The standard InChI is InChI=1S/C11H9F3INO3S/c12-11(13,14)4-1-5-16-10(17)8-6-7(15)2-3-9(8)20(16,18)19/h2-3,6H,1,4-5H2. The van der Waals surface area contributed by atoms with Gasteiger partial charge in [0.05, 0.1) is 5.56 Å². The van der Waals surface area contributed by atoms with E-state index in [4.69, 9.17) is 0 Å². The van der Waals surface area contributed by atoms with Crippen LogP contribution in [-0.2, 0) is 10.0 Å². The van der Waals surface area contributed by atoms with E-state index in [0.29, 0.717) is 7.88 Å². The Morgan fingerprint density at radius 2 is 1.90 bits per heavy atom. The first-order chi connectivity index (χ1) is 9.13. The van der Waals surface area contributed by atoms with Crippen molar-refractivity contribution in [1.82, 2.24) is 4.31 Å². The van der Waals surface area contributed by atoms with Gasteiger partial charge >= 0.3 is 6.18 Å². The second-order valence-electron chi connectivity index (χ2n) is 4.24. The second-order valence-corrected chi connectivity index (χ2v) is 7.32. The molecule has 1 aromatic rings. The molecule has 1 aromatic carbocycles. The maximum atomic E-state index is 12.1. The van der Waals surface area contributed by atoms with Crippen molar-refractivity contribution in [1.29, 1.82) is 0 Å². The van der Waals surface area contributed by atoms with E-state index in [1.54, 1.807) is 0 Å². The first-order valence-electron chi connectivity index (χ1n) is 5.56. The zero-order chi connectivity index (χ0) is 15.1. The van der Waals surface area contributed by atoms with E-state index in [1.807, 2.05) is 22.6 Å². The molecule has 1 heterocycles. The highest BCUT2D eigenvalue weighted by atomic mass is 127. The number of carbonyl (C=O) groups is 1. The molecule has 0 radical (unpaired) electrons. The SMILES string of the molecule is O=C1c2cc(I)ccc2S(=O)(=O)N1CCCC(F)(F)F. The molecule has 0 bridgehead atoms. The molecule has 9 heteroatoms. The first-order valence-corrected chi connectivity index (χ1v) is 8.08. The summed E-state index contributed by atoms with van der Waals surface area (Å²) in [5.74, 6) is -0.763. The lowest BCUT2D eigenvalue weighted by atomic mass is 10.2. The van der Waals surface area contributed by atoms with E-state index in [1.165, 1.54) is 18.2 Å². The van der Waals surface area contributed by atoms with Crippen LogP contribution in [0, 0.1) is 3.57 Å². The zero-order valence-electron chi connectivity index (χ0n) is 9.95. The van der Waals surface area contributed by atoms with Crippen LogP contribution >= 0.6 is 22.6 Å². The van der Waals surface area contributed by atoms with Crippen molar-refractivity contribution in [2.24, 2.45) is 0 Å². The van der Waals surface area contributed by atoms with Crippen LogP contribution in [0.1, 0.15) is 23.2 Å². The van der Waals surface area contributed by atoms with Crippen LogP contribution in [0.15, 0.2) is 23.1 Å². The van der Waals surface area contributed by atoms with Crippen molar-refractivity contribution in [2.45, 2.75) is 23.9 Å². The third-order valence-corrected chi connectivity index (χ3v) is 5.30. The van der Waals surface area contributed by atoms with E-state index in [2.05, 4.69) is 0 Å². The van der Waals surface area contributed by atoms with Gasteiger partial charge < -0.3 is 0 Å². The average molecular weight is 419 g/mol. The van der Waals surface area contributed by atoms with Gasteiger partial charge in [0.1, 0.15) is 4.90 Å². The number of hydrogen-bond acceptors (Lipinski definition) is 3. The molecular formula is C11H9F3INO3S.